The number of nitrogens with zero attached hydrogens (tertiary/aromatic N) is 4. The molecule has 12 heteroatoms. The first-order valence-electron chi connectivity index (χ1n) is 15.4. The van der Waals surface area contributed by atoms with Crippen LogP contribution in [0.3, 0.4) is 0 Å². The van der Waals surface area contributed by atoms with E-state index in [0.717, 1.165) is 25.7 Å². The number of thioether (sulfide) groups is 1. The van der Waals surface area contributed by atoms with Crippen LogP contribution in [0.4, 0.5) is 4.79 Å². The third-order valence-corrected chi connectivity index (χ3v) is 11.2. The number of imide groups is 2. The van der Waals surface area contributed by atoms with Gasteiger partial charge < -0.3 is 19.9 Å². The molecule has 2 aliphatic heterocycles. The fourth-order valence-electron chi connectivity index (χ4n) is 7.62. The molecule has 0 radical (unpaired) electrons. The molecule has 2 heterocycles. The van der Waals surface area contributed by atoms with E-state index in [1.165, 1.54) is 28.0 Å². The summed E-state index contributed by atoms with van der Waals surface area (Å²) in [7, 11) is 4.99. The first-order chi connectivity index (χ1) is 20.1. The number of hydrogen-bond donors (Lipinski definition) is 1. The van der Waals surface area contributed by atoms with Crippen LogP contribution in [0.1, 0.15) is 64.7 Å². The van der Waals surface area contributed by atoms with Crippen LogP contribution in [-0.4, -0.2) is 115 Å². The Bertz CT molecular complexity index is 1140. The Morgan fingerprint density at radius 2 is 1.76 bits per heavy atom. The maximum absolute atomic E-state index is 13.9. The van der Waals surface area contributed by atoms with E-state index in [0.29, 0.717) is 75.1 Å². The molecule has 5 aliphatic rings. The SMILES string of the molecule is CCS/C(NC)=C(/C(=O)N(C)CC1CCC1)C(=O)N(C=O)C1CCC2(CC1)CC1(C2)C(=O)N(C)C(=O)N1CC1COC1. The van der Waals surface area contributed by atoms with Crippen molar-refractivity contribution in [1.82, 2.24) is 24.9 Å². The second kappa shape index (κ2) is 12.2. The third-order valence-electron chi connectivity index (χ3n) is 10.3. The molecule has 0 aromatic rings. The van der Waals surface area contributed by atoms with Crippen molar-refractivity contribution < 1.29 is 28.7 Å². The minimum absolute atomic E-state index is 0.0230. The highest BCUT2D eigenvalue weighted by Crippen LogP contribution is 2.61. The van der Waals surface area contributed by atoms with E-state index in [9.17, 15) is 24.0 Å². The van der Waals surface area contributed by atoms with Crippen LogP contribution in [-0.2, 0) is 23.9 Å². The van der Waals surface area contributed by atoms with Crippen molar-refractivity contribution in [2.45, 2.75) is 76.3 Å². The molecule has 0 aromatic carbocycles. The molecule has 2 saturated heterocycles. The van der Waals surface area contributed by atoms with Crippen molar-refractivity contribution >= 4 is 41.9 Å². The lowest BCUT2D eigenvalue weighted by Gasteiger charge is -2.59. The lowest BCUT2D eigenvalue weighted by Crippen LogP contribution is -2.65. The molecule has 0 atom stereocenters. The Morgan fingerprint density at radius 3 is 2.26 bits per heavy atom. The fourth-order valence-corrected chi connectivity index (χ4v) is 8.37. The van der Waals surface area contributed by atoms with E-state index in [1.54, 1.807) is 30.9 Å². The lowest BCUT2D eigenvalue weighted by atomic mass is 9.51. The highest BCUT2D eigenvalue weighted by atomic mass is 32.2. The molecular formula is C30H45N5O6S. The largest absolute Gasteiger partial charge is 0.382 e. The van der Waals surface area contributed by atoms with Crippen LogP contribution in [0.5, 0.6) is 0 Å². The molecule has 5 rings (SSSR count). The number of ether oxygens (including phenoxy) is 1. The highest BCUT2D eigenvalue weighted by molar-refractivity contribution is 8.03. The van der Waals surface area contributed by atoms with Crippen LogP contribution in [0, 0.1) is 17.3 Å². The molecular weight excluding hydrogens is 558 g/mol. The van der Waals surface area contributed by atoms with Crippen molar-refractivity contribution in [1.29, 1.82) is 0 Å². The maximum Gasteiger partial charge on any atom is 0.327 e. The molecule has 1 N–H and O–H groups in total. The summed E-state index contributed by atoms with van der Waals surface area (Å²) < 4.78 is 5.30. The van der Waals surface area contributed by atoms with E-state index >= 15 is 0 Å². The Morgan fingerprint density at radius 1 is 1.10 bits per heavy atom. The summed E-state index contributed by atoms with van der Waals surface area (Å²) in [6.07, 6.45) is 7.83. The number of hydrogen-bond acceptors (Lipinski definition) is 8. The fraction of sp³-hybridized carbons (Fsp3) is 0.767. The van der Waals surface area contributed by atoms with Crippen molar-refractivity contribution in [3.8, 4) is 0 Å². The number of carbonyl (C=O) groups is 5. The summed E-state index contributed by atoms with van der Waals surface area (Å²) in [4.78, 5) is 72.1. The zero-order chi connectivity index (χ0) is 30.2. The monoisotopic (exact) mass is 603 g/mol. The number of carbonyl (C=O) groups excluding carboxylic acids is 5. The van der Waals surface area contributed by atoms with Gasteiger partial charge in [0.2, 0.25) is 6.41 Å². The summed E-state index contributed by atoms with van der Waals surface area (Å²) in [6.45, 7) is 4.31. The van der Waals surface area contributed by atoms with Gasteiger partial charge >= 0.3 is 6.03 Å². The second-order valence-corrected chi connectivity index (χ2v) is 14.2. The zero-order valence-corrected chi connectivity index (χ0v) is 26.2. The van der Waals surface area contributed by atoms with Gasteiger partial charge in [0, 0.05) is 46.2 Å². The Balaban J connectivity index is 1.27. The van der Waals surface area contributed by atoms with E-state index in [1.807, 2.05) is 6.92 Å². The molecule has 0 aromatic heterocycles. The maximum atomic E-state index is 13.9. The normalized spacial score (nSPS) is 30.0. The van der Waals surface area contributed by atoms with E-state index < -0.39 is 11.4 Å². The quantitative estimate of drug-likeness (QED) is 0.126. The zero-order valence-electron chi connectivity index (χ0n) is 25.4. The van der Waals surface area contributed by atoms with Gasteiger partial charge in [0.1, 0.15) is 11.1 Å². The van der Waals surface area contributed by atoms with Gasteiger partial charge in [-0.3, -0.25) is 29.0 Å². The summed E-state index contributed by atoms with van der Waals surface area (Å²) in [6, 6.07) is -0.557. The first-order valence-corrected chi connectivity index (χ1v) is 16.3. The Kier molecular flexibility index (Phi) is 8.95. The average Bonchev–Trinajstić information content (AvgIpc) is 3.09. The van der Waals surface area contributed by atoms with E-state index in [2.05, 4.69) is 5.32 Å². The van der Waals surface area contributed by atoms with Gasteiger partial charge in [0.05, 0.1) is 18.2 Å². The summed E-state index contributed by atoms with van der Waals surface area (Å²) in [5, 5.41) is 3.52. The van der Waals surface area contributed by atoms with E-state index in [4.69, 9.17) is 4.74 Å². The Labute approximate surface area is 252 Å². The number of amides is 6. The number of nitrogens with one attached hydrogen (secondary N) is 1. The van der Waals surface area contributed by atoms with Gasteiger partial charge in [0.15, 0.2) is 0 Å². The van der Waals surface area contributed by atoms with Crippen LogP contribution in [0.25, 0.3) is 0 Å². The summed E-state index contributed by atoms with van der Waals surface area (Å²) >= 11 is 1.39. The summed E-state index contributed by atoms with van der Waals surface area (Å²) in [5.74, 6) is 0.340. The van der Waals surface area contributed by atoms with Gasteiger partial charge in [-0.25, -0.2) is 4.79 Å². The van der Waals surface area contributed by atoms with Gasteiger partial charge in [-0.15, -0.1) is 11.8 Å². The van der Waals surface area contributed by atoms with Crippen LogP contribution >= 0.6 is 11.8 Å². The molecule has 0 unspecified atom stereocenters. The molecule has 0 bridgehead atoms. The molecule has 3 saturated carbocycles. The Hall–Kier alpha value is -2.60. The lowest BCUT2D eigenvalue weighted by molar-refractivity contribution is -0.154. The molecule has 232 valence electrons. The van der Waals surface area contributed by atoms with Crippen molar-refractivity contribution in [3.05, 3.63) is 10.6 Å². The van der Waals surface area contributed by atoms with Gasteiger partial charge in [-0.05, 0) is 68.5 Å². The van der Waals surface area contributed by atoms with Crippen molar-refractivity contribution in [2.75, 3.05) is 53.2 Å². The molecule has 11 nitrogen and oxygen atoms in total. The highest BCUT2D eigenvalue weighted by Gasteiger charge is 2.68. The van der Waals surface area contributed by atoms with Crippen molar-refractivity contribution in [3.63, 3.8) is 0 Å². The number of likely N-dealkylation sites (N-methyl/N-ethyl adjacent to an activating group) is 2. The van der Waals surface area contributed by atoms with Crippen LogP contribution < -0.4 is 5.32 Å². The topological polar surface area (TPSA) is 120 Å². The minimum atomic E-state index is -0.791. The minimum Gasteiger partial charge on any atom is -0.382 e. The smallest absolute Gasteiger partial charge is 0.327 e. The second-order valence-electron chi connectivity index (χ2n) is 13.0. The first kappa shape index (κ1) is 30.8. The van der Waals surface area contributed by atoms with Crippen LogP contribution in [0.15, 0.2) is 10.6 Å². The molecule has 3 aliphatic carbocycles. The standard InChI is InChI=1S/C30H45N5O6S/c1-5-42-24(31-2)23(25(37)32(3)13-20-7-6-8-20)26(38)34(19-36)22-9-11-29(12-10-22)17-30(18-29)27(39)33(4)28(40)35(30)14-21-15-41-16-21/h19-22,31H,5-18H2,1-4H3/b24-23-. The molecule has 2 spiro atoms. The number of urea groups is 1. The summed E-state index contributed by atoms with van der Waals surface area (Å²) in [5.41, 5.74) is -0.870. The van der Waals surface area contributed by atoms with Gasteiger partial charge in [-0.1, -0.05) is 13.3 Å². The van der Waals surface area contributed by atoms with Gasteiger partial charge in [0.25, 0.3) is 17.7 Å². The average molecular weight is 604 g/mol. The predicted molar refractivity (Wildman–Crippen MR) is 158 cm³/mol. The molecule has 5 fully saturated rings. The molecule has 42 heavy (non-hydrogen) atoms. The predicted octanol–water partition coefficient (Wildman–Crippen LogP) is 2.42. The molecule has 6 amide bonds. The van der Waals surface area contributed by atoms with Gasteiger partial charge in [-0.2, -0.15) is 0 Å². The van der Waals surface area contributed by atoms with Crippen LogP contribution in [0.2, 0.25) is 0 Å². The third kappa shape index (κ3) is 5.33. The number of rotatable bonds is 11. The van der Waals surface area contributed by atoms with Crippen molar-refractivity contribution in [2.24, 2.45) is 17.3 Å². The van der Waals surface area contributed by atoms with E-state index in [-0.39, 0.29) is 40.8 Å².